The van der Waals surface area contributed by atoms with Gasteiger partial charge in [0.25, 0.3) is 0 Å². The van der Waals surface area contributed by atoms with Crippen LogP contribution < -0.4 is 5.32 Å². The average molecular weight is 358 g/mol. The number of carbonyl (C=O) groups is 1. The fraction of sp³-hybridized carbons (Fsp3) is 0.688. The maximum Gasteiger partial charge on any atom is 0.419 e. The Kier molecular flexibility index (Phi) is 4.28. The molecule has 1 saturated heterocycles. The minimum atomic E-state index is -4.46. The highest BCUT2D eigenvalue weighted by molar-refractivity contribution is 5.69. The number of hydrogen-bond donors (Lipinski definition) is 1. The molecule has 3 atom stereocenters. The first-order valence-electron chi connectivity index (χ1n) is 8.18. The summed E-state index contributed by atoms with van der Waals surface area (Å²) in [5.74, 6) is 0.485. The van der Waals surface area contributed by atoms with Gasteiger partial charge >= 0.3 is 12.3 Å². The lowest BCUT2D eigenvalue weighted by molar-refractivity contribution is -0.138. The molecule has 9 heteroatoms. The minimum absolute atomic E-state index is 0.0641. The number of fused-ring (bicyclic) bond motifs is 2. The molecule has 3 rings (SSSR count). The van der Waals surface area contributed by atoms with Gasteiger partial charge in [0, 0.05) is 25.0 Å². The number of rotatable bonds is 2. The molecule has 3 unspecified atom stereocenters. The highest BCUT2D eigenvalue weighted by atomic mass is 19.4. The average Bonchev–Trinajstić information content (AvgIpc) is 3.05. The number of likely N-dealkylation sites (tertiary alicyclic amines) is 1. The third-order valence-corrected chi connectivity index (χ3v) is 4.40. The second-order valence-electron chi connectivity index (χ2n) is 7.58. The Morgan fingerprint density at radius 2 is 1.88 bits per heavy atom. The lowest BCUT2D eigenvalue weighted by Gasteiger charge is -2.34. The van der Waals surface area contributed by atoms with Crippen LogP contribution in [0.2, 0.25) is 0 Å². The monoisotopic (exact) mass is 358 g/mol. The number of alkyl halides is 3. The standard InChI is InChI=1S/C16H21F3N4O2/c1-15(2,3)25-14(24)23-8-9-4-11(12(23)5-9)22-13-20-6-10(7-21-13)16(17,18)19/h6-7,9,11-12H,4-5,8H2,1-3H3,(H,20,21,22). The van der Waals surface area contributed by atoms with Crippen molar-refractivity contribution < 1.29 is 22.7 Å². The third kappa shape index (κ3) is 3.96. The van der Waals surface area contributed by atoms with Crippen LogP contribution in [-0.2, 0) is 10.9 Å². The molecule has 2 heterocycles. The van der Waals surface area contributed by atoms with Gasteiger partial charge in [-0.3, -0.25) is 0 Å². The SMILES string of the molecule is CC(C)(C)OC(=O)N1CC2CC(Nc3ncc(C(F)(F)F)cn3)C1C2. The predicted octanol–water partition coefficient (Wildman–Crippen LogP) is 3.31. The number of halogens is 3. The zero-order valence-electron chi connectivity index (χ0n) is 14.3. The lowest BCUT2D eigenvalue weighted by atomic mass is 10.1. The van der Waals surface area contributed by atoms with E-state index in [1.807, 2.05) is 20.8 Å². The number of aromatic nitrogens is 2. The first-order valence-corrected chi connectivity index (χ1v) is 8.18. The van der Waals surface area contributed by atoms with Crippen molar-refractivity contribution in [3.63, 3.8) is 0 Å². The van der Waals surface area contributed by atoms with Crippen LogP contribution in [0.15, 0.2) is 12.4 Å². The van der Waals surface area contributed by atoms with Crippen molar-refractivity contribution in [3.8, 4) is 0 Å². The Bertz CT molecular complexity index is 642. The molecule has 1 saturated carbocycles. The van der Waals surface area contributed by atoms with Crippen LogP contribution in [0.4, 0.5) is 23.9 Å². The number of ether oxygens (including phenoxy) is 1. The molecule has 2 fully saturated rings. The summed E-state index contributed by atoms with van der Waals surface area (Å²) in [5, 5.41) is 3.06. The predicted molar refractivity (Wildman–Crippen MR) is 83.9 cm³/mol. The second kappa shape index (κ2) is 6.03. The van der Waals surface area contributed by atoms with Crippen molar-refractivity contribution in [1.29, 1.82) is 0 Å². The molecule has 2 aliphatic rings. The zero-order valence-corrected chi connectivity index (χ0v) is 14.3. The molecule has 6 nitrogen and oxygen atoms in total. The van der Waals surface area contributed by atoms with E-state index in [4.69, 9.17) is 4.74 Å². The van der Waals surface area contributed by atoms with Crippen LogP contribution in [0.3, 0.4) is 0 Å². The van der Waals surface area contributed by atoms with Crippen LogP contribution >= 0.6 is 0 Å². The molecule has 25 heavy (non-hydrogen) atoms. The van der Waals surface area contributed by atoms with Crippen LogP contribution in [0.25, 0.3) is 0 Å². The summed E-state index contributed by atoms with van der Waals surface area (Å²) < 4.78 is 43.1. The summed E-state index contributed by atoms with van der Waals surface area (Å²) >= 11 is 0. The van der Waals surface area contributed by atoms with Gasteiger partial charge in [-0.1, -0.05) is 0 Å². The molecule has 1 aromatic rings. The summed E-state index contributed by atoms with van der Waals surface area (Å²) in [4.78, 5) is 21.5. The Labute approximate surface area is 143 Å². The van der Waals surface area contributed by atoms with E-state index in [2.05, 4.69) is 15.3 Å². The van der Waals surface area contributed by atoms with Crippen LogP contribution in [0.1, 0.15) is 39.2 Å². The van der Waals surface area contributed by atoms with E-state index in [-0.39, 0.29) is 24.1 Å². The maximum absolute atomic E-state index is 12.6. The molecular formula is C16H21F3N4O2. The van der Waals surface area contributed by atoms with Crippen molar-refractivity contribution in [2.75, 3.05) is 11.9 Å². The molecule has 0 spiro atoms. The molecule has 1 aromatic heterocycles. The third-order valence-electron chi connectivity index (χ3n) is 4.40. The Morgan fingerprint density at radius 1 is 1.24 bits per heavy atom. The molecule has 1 N–H and O–H groups in total. The number of nitrogens with zero attached hydrogens (tertiary/aromatic N) is 3. The van der Waals surface area contributed by atoms with Gasteiger partial charge in [0.15, 0.2) is 0 Å². The highest BCUT2D eigenvalue weighted by Gasteiger charge is 2.48. The van der Waals surface area contributed by atoms with Crippen molar-refractivity contribution in [2.45, 2.75) is 57.5 Å². The first-order chi connectivity index (χ1) is 11.5. The van der Waals surface area contributed by atoms with Gasteiger partial charge in [-0.25, -0.2) is 14.8 Å². The van der Waals surface area contributed by atoms with E-state index in [0.29, 0.717) is 12.5 Å². The number of amides is 1. The quantitative estimate of drug-likeness (QED) is 0.879. The van der Waals surface area contributed by atoms with Crippen molar-refractivity contribution >= 4 is 12.0 Å². The minimum Gasteiger partial charge on any atom is -0.444 e. The van der Waals surface area contributed by atoms with Crippen molar-refractivity contribution in [2.24, 2.45) is 5.92 Å². The van der Waals surface area contributed by atoms with Gasteiger partial charge in [0.2, 0.25) is 5.95 Å². The Balaban J connectivity index is 1.65. The smallest absolute Gasteiger partial charge is 0.419 e. The van der Waals surface area contributed by atoms with Gasteiger partial charge in [0.1, 0.15) is 5.60 Å². The highest BCUT2D eigenvalue weighted by Crippen LogP contribution is 2.39. The normalized spacial score (nSPS) is 26.0. The molecule has 2 bridgehead atoms. The Hall–Kier alpha value is -2.06. The van der Waals surface area contributed by atoms with Gasteiger partial charge in [-0.2, -0.15) is 13.2 Å². The van der Waals surface area contributed by atoms with E-state index in [9.17, 15) is 18.0 Å². The fourth-order valence-electron chi connectivity index (χ4n) is 3.43. The summed E-state index contributed by atoms with van der Waals surface area (Å²) in [7, 11) is 0. The van der Waals surface area contributed by atoms with Gasteiger partial charge in [-0.05, 0) is 39.5 Å². The molecule has 1 amide bonds. The summed E-state index contributed by atoms with van der Waals surface area (Å²) in [6.45, 7) is 6.08. The Morgan fingerprint density at radius 3 is 2.40 bits per heavy atom. The molecule has 1 aliphatic carbocycles. The number of hydrogen-bond acceptors (Lipinski definition) is 5. The molecule has 0 radical (unpaired) electrons. The lowest BCUT2D eigenvalue weighted by Crippen LogP contribution is -2.49. The number of nitrogens with one attached hydrogen (secondary N) is 1. The summed E-state index contributed by atoms with van der Waals surface area (Å²) in [5.41, 5.74) is -1.46. The van der Waals surface area contributed by atoms with Crippen molar-refractivity contribution in [3.05, 3.63) is 18.0 Å². The van der Waals surface area contributed by atoms with E-state index < -0.39 is 17.3 Å². The van der Waals surface area contributed by atoms with Gasteiger partial charge < -0.3 is 15.0 Å². The van der Waals surface area contributed by atoms with Crippen LogP contribution in [-0.4, -0.2) is 45.2 Å². The number of carbonyl (C=O) groups excluding carboxylic acids is 1. The van der Waals surface area contributed by atoms with Crippen LogP contribution in [0.5, 0.6) is 0 Å². The number of piperidine rings is 1. The largest absolute Gasteiger partial charge is 0.444 e. The van der Waals surface area contributed by atoms with E-state index >= 15 is 0 Å². The summed E-state index contributed by atoms with van der Waals surface area (Å²) in [6.07, 6.45) is -1.63. The molecule has 1 aliphatic heterocycles. The van der Waals surface area contributed by atoms with Crippen molar-refractivity contribution in [1.82, 2.24) is 14.9 Å². The van der Waals surface area contributed by atoms with E-state index in [1.165, 1.54) is 0 Å². The second-order valence-corrected chi connectivity index (χ2v) is 7.58. The molecule has 138 valence electrons. The molecule has 0 aromatic carbocycles. The van der Waals surface area contributed by atoms with E-state index in [0.717, 1.165) is 25.2 Å². The maximum atomic E-state index is 12.6. The summed E-state index contributed by atoms with van der Waals surface area (Å²) in [6, 6.07) is -0.159. The first kappa shape index (κ1) is 17.8. The van der Waals surface area contributed by atoms with Crippen LogP contribution in [0, 0.1) is 5.92 Å². The molecular weight excluding hydrogens is 337 g/mol. The van der Waals surface area contributed by atoms with E-state index in [1.54, 1.807) is 4.90 Å². The number of anilines is 1. The zero-order chi connectivity index (χ0) is 18.4. The van der Waals surface area contributed by atoms with Gasteiger partial charge in [-0.15, -0.1) is 0 Å². The van der Waals surface area contributed by atoms with Gasteiger partial charge in [0.05, 0.1) is 11.6 Å². The fourth-order valence-corrected chi connectivity index (χ4v) is 3.43. The topological polar surface area (TPSA) is 67.3 Å².